The maximum absolute atomic E-state index is 12.3. The summed E-state index contributed by atoms with van der Waals surface area (Å²) in [5.41, 5.74) is -1.12. The van der Waals surface area contributed by atoms with Crippen LogP contribution in [0.15, 0.2) is 0 Å². The fourth-order valence-electron chi connectivity index (χ4n) is 2.88. The van der Waals surface area contributed by atoms with Crippen molar-refractivity contribution in [2.24, 2.45) is 5.92 Å². The van der Waals surface area contributed by atoms with Gasteiger partial charge in [0.25, 0.3) is 0 Å². The molecule has 2 N–H and O–H groups in total. The largest absolute Gasteiger partial charge is 0.480 e. The fourth-order valence-corrected chi connectivity index (χ4v) is 2.88. The van der Waals surface area contributed by atoms with E-state index in [1.165, 1.54) is 0 Å². The van der Waals surface area contributed by atoms with E-state index >= 15 is 0 Å². The van der Waals surface area contributed by atoms with E-state index < -0.39 is 11.5 Å². The number of hydrogen-bond donors (Lipinski definition) is 2. The number of nitrogens with one attached hydrogen (secondary N) is 1. The zero-order valence-corrected chi connectivity index (χ0v) is 12.6. The molecular formula is C14H25N3O3. The summed E-state index contributed by atoms with van der Waals surface area (Å²) in [6.45, 7) is 3.00. The second kappa shape index (κ2) is 5.60. The third-order valence-corrected chi connectivity index (χ3v) is 4.69. The van der Waals surface area contributed by atoms with Gasteiger partial charge in [-0.3, -0.25) is 0 Å². The highest BCUT2D eigenvalue weighted by atomic mass is 16.4. The number of aliphatic carboxylic acids is 1. The number of piperidine rings is 1. The van der Waals surface area contributed by atoms with E-state index in [1.54, 1.807) is 11.8 Å². The van der Waals surface area contributed by atoms with Gasteiger partial charge in [-0.15, -0.1) is 0 Å². The lowest BCUT2D eigenvalue weighted by Gasteiger charge is -2.37. The summed E-state index contributed by atoms with van der Waals surface area (Å²) < 4.78 is 0. The monoisotopic (exact) mass is 283 g/mol. The van der Waals surface area contributed by atoms with Crippen LogP contribution in [0.3, 0.4) is 0 Å². The Hall–Kier alpha value is -1.30. The van der Waals surface area contributed by atoms with Crippen molar-refractivity contribution in [2.75, 3.05) is 27.2 Å². The summed E-state index contributed by atoms with van der Waals surface area (Å²) in [5.74, 6) is -0.861. The van der Waals surface area contributed by atoms with E-state index in [4.69, 9.17) is 0 Å². The van der Waals surface area contributed by atoms with Gasteiger partial charge in [-0.2, -0.15) is 0 Å². The number of hydrogen-bond acceptors (Lipinski definition) is 3. The first-order valence-electron chi connectivity index (χ1n) is 7.31. The molecule has 1 saturated carbocycles. The Morgan fingerprint density at radius 2 is 1.75 bits per heavy atom. The van der Waals surface area contributed by atoms with E-state index in [0.29, 0.717) is 19.1 Å². The first-order chi connectivity index (χ1) is 9.34. The van der Waals surface area contributed by atoms with Crippen molar-refractivity contribution in [3.63, 3.8) is 0 Å². The van der Waals surface area contributed by atoms with Gasteiger partial charge in [-0.1, -0.05) is 0 Å². The summed E-state index contributed by atoms with van der Waals surface area (Å²) in [7, 11) is 4.10. The molecule has 0 aromatic rings. The third-order valence-electron chi connectivity index (χ3n) is 4.69. The third kappa shape index (κ3) is 3.06. The van der Waals surface area contributed by atoms with Gasteiger partial charge in [-0.05, 0) is 52.6 Å². The van der Waals surface area contributed by atoms with E-state index in [9.17, 15) is 14.7 Å². The van der Waals surface area contributed by atoms with Crippen molar-refractivity contribution in [3.8, 4) is 0 Å². The lowest BCUT2D eigenvalue weighted by molar-refractivity contribution is -0.144. The Labute approximate surface area is 120 Å². The van der Waals surface area contributed by atoms with Crippen LogP contribution >= 0.6 is 0 Å². The molecule has 2 rings (SSSR count). The Kier molecular flexibility index (Phi) is 4.22. The predicted molar refractivity (Wildman–Crippen MR) is 75.6 cm³/mol. The molecule has 2 fully saturated rings. The first kappa shape index (κ1) is 15.1. The Morgan fingerprint density at radius 1 is 1.20 bits per heavy atom. The van der Waals surface area contributed by atoms with Crippen LogP contribution in [0.1, 0.15) is 32.6 Å². The second-order valence-corrected chi connectivity index (χ2v) is 6.39. The van der Waals surface area contributed by atoms with Crippen LogP contribution in [-0.2, 0) is 4.79 Å². The molecule has 2 amide bonds. The molecule has 0 bridgehead atoms. The summed E-state index contributed by atoms with van der Waals surface area (Å²) >= 11 is 0. The highest BCUT2D eigenvalue weighted by molar-refractivity contribution is 5.86. The van der Waals surface area contributed by atoms with Crippen LogP contribution in [0.25, 0.3) is 0 Å². The van der Waals surface area contributed by atoms with Crippen LogP contribution < -0.4 is 5.32 Å². The minimum absolute atomic E-state index is 0.0725. The summed E-state index contributed by atoms with van der Waals surface area (Å²) in [4.78, 5) is 27.6. The molecule has 1 heterocycles. The van der Waals surface area contributed by atoms with Crippen molar-refractivity contribution in [2.45, 2.75) is 44.2 Å². The van der Waals surface area contributed by atoms with E-state index in [0.717, 1.165) is 25.7 Å². The molecule has 0 spiro atoms. The van der Waals surface area contributed by atoms with E-state index in [-0.39, 0.29) is 11.9 Å². The van der Waals surface area contributed by atoms with Crippen LogP contribution in [0.5, 0.6) is 0 Å². The molecule has 1 atom stereocenters. The van der Waals surface area contributed by atoms with Crippen molar-refractivity contribution in [3.05, 3.63) is 0 Å². The Morgan fingerprint density at radius 3 is 2.15 bits per heavy atom. The number of urea groups is 1. The smallest absolute Gasteiger partial charge is 0.329 e. The highest BCUT2D eigenvalue weighted by Crippen LogP contribution is 2.39. The van der Waals surface area contributed by atoms with Gasteiger partial charge in [0, 0.05) is 19.1 Å². The molecular weight excluding hydrogens is 258 g/mol. The number of nitrogens with zero attached hydrogens (tertiary/aromatic N) is 2. The predicted octanol–water partition coefficient (Wildman–Crippen LogP) is 0.975. The molecule has 1 aliphatic carbocycles. The highest BCUT2D eigenvalue weighted by Gasteiger charge is 2.49. The van der Waals surface area contributed by atoms with Crippen molar-refractivity contribution in [1.29, 1.82) is 0 Å². The minimum Gasteiger partial charge on any atom is -0.480 e. The molecule has 1 aliphatic heterocycles. The molecule has 2 aliphatic rings. The van der Waals surface area contributed by atoms with Gasteiger partial charge in [-0.25, -0.2) is 9.59 Å². The van der Waals surface area contributed by atoms with Gasteiger partial charge in [0.05, 0.1) is 0 Å². The summed E-state index contributed by atoms with van der Waals surface area (Å²) in [6.07, 6.45) is 3.64. The topological polar surface area (TPSA) is 72.9 Å². The molecule has 0 radical (unpaired) electrons. The van der Waals surface area contributed by atoms with Gasteiger partial charge in [0.2, 0.25) is 0 Å². The average Bonchev–Trinajstić information content (AvgIpc) is 3.23. The van der Waals surface area contributed by atoms with Crippen molar-refractivity contribution in [1.82, 2.24) is 15.1 Å². The standard InChI is InChI=1S/C14H25N3O3/c1-14(12(18)19,10-4-5-10)15-13(20)17-8-6-11(7-9-17)16(2)3/h10-11H,4-9H2,1-3H3,(H,15,20)(H,18,19). The maximum Gasteiger partial charge on any atom is 0.329 e. The molecule has 6 heteroatoms. The normalized spacial score (nSPS) is 23.5. The summed E-state index contributed by atoms with van der Waals surface area (Å²) in [5, 5.41) is 12.1. The summed E-state index contributed by atoms with van der Waals surface area (Å²) in [6, 6.07) is 0.271. The van der Waals surface area contributed by atoms with Crippen LogP contribution in [0.2, 0.25) is 0 Å². The molecule has 1 unspecified atom stereocenters. The lowest BCUT2D eigenvalue weighted by atomic mass is 9.96. The SMILES string of the molecule is CN(C)C1CCN(C(=O)NC(C)(C(=O)O)C2CC2)CC1. The zero-order chi connectivity index (χ0) is 14.9. The number of likely N-dealkylation sites (tertiary alicyclic amines) is 1. The number of carboxylic acid groups (broad SMARTS) is 1. The quantitative estimate of drug-likeness (QED) is 0.806. The number of amides is 2. The fraction of sp³-hybridized carbons (Fsp3) is 0.857. The van der Waals surface area contributed by atoms with Gasteiger partial charge in [0.15, 0.2) is 0 Å². The Balaban J connectivity index is 1.90. The maximum atomic E-state index is 12.3. The van der Waals surface area contributed by atoms with Gasteiger partial charge < -0.3 is 20.2 Å². The lowest BCUT2D eigenvalue weighted by Crippen LogP contribution is -2.59. The molecule has 20 heavy (non-hydrogen) atoms. The van der Waals surface area contributed by atoms with Crippen molar-refractivity contribution < 1.29 is 14.7 Å². The van der Waals surface area contributed by atoms with E-state index in [2.05, 4.69) is 24.3 Å². The molecule has 0 aromatic heterocycles. The molecule has 114 valence electrons. The number of rotatable bonds is 4. The molecule has 6 nitrogen and oxygen atoms in total. The van der Waals surface area contributed by atoms with Crippen LogP contribution in [-0.4, -0.2) is 65.7 Å². The van der Waals surface area contributed by atoms with Crippen molar-refractivity contribution >= 4 is 12.0 Å². The number of carbonyl (C=O) groups excluding carboxylic acids is 1. The first-order valence-corrected chi connectivity index (χ1v) is 7.31. The van der Waals surface area contributed by atoms with Gasteiger partial charge in [0.1, 0.15) is 5.54 Å². The Bertz CT molecular complexity index is 387. The minimum atomic E-state index is -1.12. The number of carbonyl (C=O) groups is 2. The van der Waals surface area contributed by atoms with E-state index in [1.807, 2.05) is 0 Å². The van der Waals surface area contributed by atoms with Crippen LogP contribution in [0, 0.1) is 5.92 Å². The average molecular weight is 283 g/mol. The zero-order valence-electron chi connectivity index (χ0n) is 12.6. The van der Waals surface area contributed by atoms with Gasteiger partial charge >= 0.3 is 12.0 Å². The van der Waals surface area contributed by atoms with Crippen LogP contribution in [0.4, 0.5) is 4.79 Å². The number of carboxylic acids is 1. The molecule has 1 saturated heterocycles. The molecule has 0 aromatic carbocycles. The second-order valence-electron chi connectivity index (χ2n) is 6.39.